The van der Waals surface area contributed by atoms with Crippen LogP contribution in [0, 0.1) is 0 Å². The molecule has 29 heavy (non-hydrogen) atoms. The Labute approximate surface area is 168 Å². The fraction of sp³-hybridized carbons (Fsp3) is 0.190. The van der Waals surface area contributed by atoms with Crippen LogP contribution in [-0.2, 0) is 20.9 Å². The van der Waals surface area contributed by atoms with E-state index in [1.54, 1.807) is 18.2 Å². The molecule has 0 fully saturated rings. The van der Waals surface area contributed by atoms with Crippen molar-refractivity contribution in [3.8, 4) is 11.5 Å². The summed E-state index contributed by atoms with van der Waals surface area (Å²) >= 11 is 0. The maximum atomic E-state index is 11.8. The number of carbonyl (C=O) groups excluding carboxylic acids is 3. The maximum absolute atomic E-state index is 11.8. The van der Waals surface area contributed by atoms with Crippen molar-refractivity contribution in [3.63, 3.8) is 0 Å². The van der Waals surface area contributed by atoms with E-state index in [2.05, 4.69) is 10.6 Å². The van der Waals surface area contributed by atoms with Crippen molar-refractivity contribution < 1.29 is 28.6 Å². The molecule has 0 bridgehead atoms. The van der Waals surface area contributed by atoms with E-state index in [1.165, 1.54) is 20.3 Å². The molecule has 8 nitrogen and oxygen atoms in total. The summed E-state index contributed by atoms with van der Waals surface area (Å²) in [5.74, 6) is -0.339. The molecular formula is C21H22N2O6. The predicted octanol–water partition coefficient (Wildman–Crippen LogP) is 2.29. The maximum Gasteiger partial charge on any atom is 0.331 e. The van der Waals surface area contributed by atoms with Gasteiger partial charge in [-0.1, -0.05) is 30.3 Å². The number of hydrogen-bond donors (Lipinski definition) is 2. The monoisotopic (exact) mass is 398 g/mol. The van der Waals surface area contributed by atoms with Crippen LogP contribution in [0.3, 0.4) is 0 Å². The van der Waals surface area contributed by atoms with Gasteiger partial charge in [0.1, 0.15) is 11.5 Å². The van der Waals surface area contributed by atoms with E-state index in [1.807, 2.05) is 30.3 Å². The van der Waals surface area contributed by atoms with Gasteiger partial charge >= 0.3 is 12.0 Å². The van der Waals surface area contributed by atoms with Crippen LogP contribution >= 0.6 is 0 Å². The van der Waals surface area contributed by atoms with Crippen molar-refractivity contribution in [1.82, 2.24) is 10.6 Å². The number of esters is 1. The summed E-state index contributed by atoms with van der Waals surface area (Å²) in [4.78, 5) is 35.2. The zero-order valence-electron chi connectivity index (χ0n) is 16.1. The third-order valence-corrected chi connectivity index (χ3v) is 3.73. The molecule has 2 aromatic carbocycles. The first kappa shape index (κ1) is 21.5. The van der Waals surface area contributed by atoms with Gasteiger partial charge in [0.25, 0.3) is 5.91 Å². The summed E-state index contributed by atoms with van der Waals surface area (Å²) in [6, 6.07) is 13.7. The Kier molecular flexibility index (Phi) is 8.25. The summed E-state index contributed by atoms with van der Waals surface area (Å²) in [7, 11) is 3.03. The molecule has 0 radical (unpaired) electrons. The standard InChI is InChI=1S/C21H22N2O6/c1-27-17-9-10-18(28-2)16(12-17)8-11-20(25)29-14-19(24)23-21(26)22-13-15-6-4-3-5-7-15/h3-12H,13-14H2,1-2H3,(H2,22,23,24,26)/b11-8+. The Morgan fingerprint density at radius 2 is 1.76 bits per heavy atom. The summed E-state index contributed by atoms with van der Waals surface area (Å²) in [6.07, 6.45) is 2.63. The SMILES string of the molecule is COc1ccc(OC)c(/C=C/C(=O)OCC(=O)NC(=O)NCc2ccccc2)c1. The lowest BCUT2D eigenvalue weighted by molar-refractivity contribution is -0.143. The van der Waals surface area contributed by atoms with E-state index in [0.29, 0.717) is 17.1 Å². The Bertz CT molecular complexity index is 880. The van der Waals surface area contributed by atoms with E-state index in [4.69, 9.17) is 14.2 Å². The first-order chi connectivity index (χ1) is 14.0. The fourth-order valence-electron chi connectivity index (χ4n) is 2.30. The lowest BCUT2D eigenvalue weighted by Gasteiger charge is -2.08. The van der Waals surface area contributed by atoms with E-state index < -0.39 is 24.5 Å². The van der Waals surface area contributed by atoms with Gasteiger partial charge in [-0.3, -0.25) is 10.1 Å². The highest BCUT2D eigenvalue weighted by Crippen LogP contribution is 2.25. The first-order valence-electron chi connectivity index (χ1n) is 8.70. The smallest absolute Gasteiger partial charge is 0.331 e. The molecule has 2 N–H and O–H groups in total. The average molecular weight is 398 g/mol. The van der Waals surface area contributed by atoms with Crippen LogP contribution in [0.15, 0.2) is 54.6 Å². The molecule has 2 aromatic rings. The molecule has 152 valence electrons. The minimum absolute atomic E-state index is 0.269. The molecular weight excluding hydrogens is 376 g/mol. The van der Waals surface area contributed by atoms with Crippen LogP contribution in [0.4, 0.5) is 4.79 Å². The van der Waals surface area contributed by atoms with Crippen molar-refractivity contribution in [3.05, 3.63) is 65.7 Å². The molecule has 0 spiro atoms. The Balaban J connectivity index is 1.77. The molecule has 2 rings (SSSR count). The quantitative estimate of drug-likeness (QED) is 0.522. The molecule has 0 saturated heterocycles. The van der Waals surface area contributed by atoms with Crippen LogP contribution in [0.2, 0.25) is 0 Å². The number of nitrogens with one attached hydrogen (secondary N) is 2. The number of methoxy groups -OCH3 is 2. The van der Waals surface area contributed by atoms with Gasteiger partial charge in [-0.25, -0.2) is 9.59 Å². The van der Waals surface area contributed by atoms with Gasteiger partial charge in [0, 0.05) is 18.2 Å². The molecule has 8 heteroatoms. The third kappa shape index (κ3) is 7.37. The minimum atomic E-state index is -0.741. The van der Waals surface area contributed by atoms with E-state index in [9.17, 15) is 14.4 Å². The second-order valence-corrected chi connectivity index (χ2v) is 5.77. The molecule has 0 saturated carbocycles. The van der Waals surface area contributed by atoms with Crippen LogP contribution in [-0.4, -0.2) is 38.7 Å². The zero-order valence-corrected chi connectivity index (χ0v) is 16.1. The Morgan fingerprint density at radius 1 is 1.00 bits per heavy atom. The summed E-state index contributed by atoms with van der Waals surface area (Å²) in [6.45, 7) is -0.317. The normalized spacial score (nSPS) is 10.3. The highest BCUT2D eigenvalue weighted by atomic mass is 16.5. The highest BCUT2D eigenvalue weighted by Gasteiger charge is 2.10. The van der Waals surface area contributed by atoms with Gasteiger partial charge in [-0.2, -0.15) is 0 Å². The van der Waals surface area contributed by atoms with Crippen LogP contribution in [0.5, 0.6) is 11.5 Å². The highest BCUT2D eigenvalue weighted by molar-refractivity contribution is 5.96. The topological polar surface area (TPSA) is 103 Å². The van der Waals surface area contributed by atoms with Crippen LogP contribution in [0.25, 0.3) is 6.08 Å². The van der Waals surface area contributed by atoms with Crippen molar-refractivity contribution in [2.45, 2.75) is 6.54 Å². The van der Waals surface area contributed by atoms with Crippen molar-refractivity contribution >= 4 is 24.0 Å². The molecule has 0 heterocycles. The third-order valence-electron chi connectivity index (χ3n) is 3.73. The van der Waals surface area contributed by atoms with Crippen LogP contribution < -0.4 is 20.1 Å². The number of carbonyl (C=O) groups is 3. The number of hydrogen-bond acceptors (Lipinski definition) is 6. The summed E-state index contributed by atoms with van der Waals surface area (Å²) in [5.41, 5.74) is 1.49. The van der Waals surface area contributed by atoms with Crippen molar-refractivity contribution in [2.75, 3.05) is 20.8 Å². The van der Waals surface area contributed by atoms with E-state index in [0.717, 1.165) is 11.6 Å². The minimum Gasteiger partial charge on any atom is -0.497 e. The number of benzene rings is 2. The number of urea groups is 1. The van der Waals surface area contributed by atoms with Gasteiger partial charge in [-0.15, -0.1) is 0 Å². The Morgan fingerprint density at radius 3 is 2.45 bits per heavy atom. The second kappa shape index (κ2) is 11.1. The number of amides is 3. The van der Waals surface area contributed by atoms with E-state index in [-0.39, 0.29) is 6.54 Å². The number of imide groups is 1. The molecule has 0 aromatic heterocycles. The molecule has 0 atom stereocenters. The largest absolute Gasteiger partial charge is 0.497 e. The number of rotatable bonds is 8. The summed E-state index contributed by atoms with van der Waals surface area (Å²) < 4.78 is 15.2. The van der Waals surface area contributed by atoms with Gasteiger partial charge in [-0.05, 0) is 29.8 Å². The lowest BCUT2D eigenvalue weighted by atomic mass is 10.1. The van der Waals surface area contributed by atoms with E-state index >= 15 is 0 Å². The second-order valence-electron chi connectivity index (χ2n) is 5.77. The molecule has 0 aliphatic heterocycles. The number of ether oxygens (including phenoxy) is 3. The first-order valence-corrected chi connectivity index (χ1v) is 8.70. The molecule has 3 amide bonds. The lowest BCUT2D eigenvalue weighted by Crippen LogP contribution is -2.41. The van der Waals surface area contributed by atoms with Gasteiger partial charge in [0.15, 0.2) is 6.61 Å². The fourth-order valence-corrected chi connectivity index (χ4v) is 2.30. The predicted molar refractivity (Wildman–Crippen MR) is 106 cm³/mol. The zero-order chi connectivity index (χ0) is 21.1. The van der Waals surface area contributed by atoms with Crippen molar-refractivity contribution in [2.24, 2.45) is 0 Å². The molecule has 0 aliphatic carbocycles. The van der Waals surface area contributed by atoms with Crippen molar-refractivity contribution in [1.29, 1.82) is 0 Å². The Hall–Kier alpha value is -3.81. The summed E-state index contributed by atoms with van der Waals surface area (Å²) in [5, 5.41) is 4.62. The average Bonchev–Trinajstić information content (AvgIpc) is 2.75. The van der Waals surface area contributed by atoms with Gasteiger partial charge < -0.3 is 19.5 Å². The van der Waals surface area contributed by atoms with Gasteiger partial charge in [0.2, 0.25) is 0 Å². The molecule has 0 unspecified atom stereocenters. The van der Waals surface area contributed by atoms with Crippen LogP contribution in [0.1, 0.15) is 11.1 Å². The van der Waals surface area contributed by atoms with Gasteiger partial charge in [0.05, 0.1) is 14.2 Å². The molecule has 0 aliphatic rings.